The van der Waals surface area contributed by atoms with Crippen LogP contribution in [0.1, 0.15) is 29.7 Å². The van der Waals surface area contributed by atoms with Gasteiger partial charge in [0.15, 0.2) is 0 Å². The van der Waals surface area contributed by atoms with Crippen LogP contribution in [-0.4, -0.2) is 11.7 Å². The van der Waals surface area contributed by atoms with Crippen molar-refractivity contribution >= 4 is 0 Å². The number of hydrogen-bond acceptors (Lipinski definition) is 3. The van der Waals surface area contributed by atoms with Crippen LogP contribution in [0.4, 0.5) is 0 Å². The van der Waals surface area contributed by atoms with Gasteiger partial charge in [-0.25, -0.2) is 0 Å². The summed E-state index contributed by atoms with van der Waals surface area (Å²) in [7, 11) is 0. The molecule has 0 aliphatic rings. The number of aliphatic hydroxyl groups is 1. The number of aliphatic hydroxyl groups excluding tert-OH is 1. The van der Waals surface area contributed by atoms with E-state index in [4.69, 9.17) is 10.00 Å². The van der Waals surface area contributed by atoms with Crippen molar-refractivity contribution < 1.29 is 9.84 Å². The molecule has 0 bridgehead atoms. The number of ether oxygens (including phenoxy) is 1. The highest BCUT2D eigenvalue weighted by molar-refractivity contribution is 5.41. The van der Waals surface area contributed by atoms with E-state index in [1.54, 1.807) is 24.3 Å². The Bertz CT molecular complexity index is 584. The van der Waals surface area contributed by atoms with Gasteiger partial charge in [0.1, 0.15) is 11.9 Å². The number of benzene rings is 2. The Morgan fingerprint density at radius 1 is 1.16 bits per heavy atom. The summed E-state index contributed by atoms with van der Waals surface area (Å²) >= 11 is 0. The fraction of sp³-hybridized carbons (Fsp3) is 0.188. The Hall–Kier alpha value is -2.31. The van der Waals surface area contributed by atoms with Crippen LogP contribution in [0.3, 0.4) is 0 Å². The molecule has 2 rings (SSSR count). The van der Waals surface area contributed by atoms with E-state index in [-0.39, 0.29) is 0 Å². The third kappa shape index (κ3) is 2.93. The van der Waals surface area contributed by atoms with Crippen molar-refractivity contribution in [3.05, 3.63) is 65.2 Å². The first-order valence-corrected chi connectivity index (χ1v) is 6.16. The molecular formula is C16H15NO2. The standard InChI is InChI=1S/C16H15NO2/c1-2-19-15-6-4-3-5-14(15)16(18)13-9-7-12(11-17)8-10-13/h3-10,16,18H,2H2,1H3. The van der Waals surface area contributed by atoms with E-state index in [1.165, 1.54) is 0 Å². The molecule has 0 saturated carbocycles. The summed E-state index contributed by atoms with van der Waals surface area (Å²) < 4.78 is 5.51. The minimum Gasteiger partial charge on any atom is -0.493 e. The van der Waals surface area contributed by atoms with Crippen LogP contribution in [-0.2, 0) is 0 Å². The Balaban J connectivity index is 2.32. The van der Waals surface area contributed by atoms with Gasteiger partial charge in [0.05, 0.1) is 18.2 Å². The van der Waals surface area contributed by atoms with E-state index in [9.17, 15) is 5.11 Å². The molecule has 0 aromatic heterocycles. The third-order valence-corrected chi connectivity index (χ3v) is 2.87. The smallest absolute Gasteiger partial charge is 0.125 e. The predicted octanol–water partition coefficient (Wildman–Crippen LogP) is 3.04. The molecule has 3 nitrogen and oxygen atoms in total. The maximum absolute atomic E-state index is 10.4. The van der Waals surface area contributed by atoms with Crippen molar-refractivity contribution in [3.8, 4) is 11.8 Å². The van der Waals surface area contributed by atoms with Gasteiger partial charge in [-0.15, -0.1) is 0 Å². The molecule has 1 unspecified atom stereocenters. The molecule has 0 heterocycles. The van der Waals surface area contributed by atoms with Crippen molar-refractivity contribution in [2.75, 3.05) is 6.61 Å². The van der Waals surface area contributed by atoms with Gasteiger partial charge < -0.3 is 9.84 Å². The highest BCUT2D eigenvalue weighted by Crippen LogP contribution is 2.29. The van der Waals surface area contributed by atoms with Crippen molar-refractivity contribution in [2.45, 2.75) is 13.0 Å². The summed E-state index contributed by atoms with van der Waals surface area (Å²) in [5, 5.41) is 19.2. The maximum Gasteiger partial charge on any atom is 0.125 e. The first kappa shape index (κ1) is 13.1. The molecule has 3 heteroatoms. The number of nitrogens with zero attached hydrogens (tertiary/aromatic N) is 1. The second kappa shape index (κ2) is 6.03. The topological polar surface area (TPSA) is 53.2 Å². The zero-order valence-electron chi connectivity index (χ0n) is 10.7. The minimum atomic E-state index is -0.754. The number of rotatable bonds is 4. The van der Waals surface area contributed by atoms with Crippen LogP contribution in [0.2, 0.25) is 0 Å². The molecule has 1 atom stereocenters. The lowest BCUT2D eigenvalue weighted by molar-refractivity contribution is 0.212. The van der Waals surface area contributed by atoms with Crippen molar-refractivity contribution in [2.24, 2.45) is 0 Å². The van der Waals surface area contributed by atoms with Gasteiger partial charge in [0, 0.05) is 5.56 Å². The van der Waals surface area contributed by atoms with Gasteiger partial charge in [-0.05, 0) is 30.7 Å². The Morgan fingerprint density at radius 2 is 1.84 bits per heavy atom. The zero-order valence-corrected chi connectivity index (χ0v) is 10.7. The molecule has 19 heavy (non-hydrogen) atoms. The molecule has 0 spiro atoms. The fourth-order valence-electron chi connectivity index (χ4n) is 1.91. The number of para-hydroxylation sites is 1. The van der Waals surface area contributed by atoms with E-state index in [0.29, 0.717) is 17.9 Å². The average Bonchev–Trinajstić information content (AvgIpc) is 2.47. The van der Waals surface area contributed by atoms with Crippen LogP contribution in [0.5, 0.6) is 5.75 Å². The Morgan fingerprint density at radius 3 is 2.47 bits per heavy atom. The van der Waals surface area contributed by atoms with Gasteiger partial charge in [-0.3, -0.25) is 0 Å². The van der Waals surface area contributed by atoms with Crippen LogP contribution in [0, 0.1) is 11.3 Å². The molecule has 0 aliphatic heterocycles. The summed E-state index contributed by atoms with van der Waals surface area (Å²) in [6.07, 6.45) is -0.754. The van der Waals surface area contributed by atoms with Gasteiger partial charge in [0.2, 0.25) is 0 Å². The van der Waals surface area contributed by atoms with Crippen molar-refractivity contribution in [1.82, 2.24) is 0 Å². The van der Waals surface area contributed by atoms with E-state index >= 15 is 0 Å². The Kier molecular flexibility index (Phi) is 4.17. The first-order valence-electron chi connectivity index (χ1n) is 6.16. The maximum atomic E-state index is 10.4. The molecule has 2 aromatic carbocycles. The molecule has 0 radical (unpaired) electrons. The van der Waals surface area contributed by atoms with Gasteiger partial charge in [-0.2, -0.15) is 5.26 Å². The molecule has 0 amide bonds. The van der Waals surface area contributed by atoms with Gasteiger partial charge in [0.25, 0.3) is 0 Å². The zero-order chi connectivity index (χ0) is 13.7. The molecule has 2 aromatic rings. The number of nitriles is 1. The molecule has 0 fully saturated rings. The highest BCUT2D eigenvalue weighted by Gasteiger charge is 2.14. The third-order valence-electron chi connectivity index (χ3n) is 2.87. The molecule has 1 N–H and O–H groups in total. The van der Waals surface area contributed by atoms with Crippen molar-refractivity contribution in [1.29, 1.82) is 5.26 Å². The lowest BCUT2D eigenvalue weighted by Gasteiger charge is -2.16. The highest BCUT2D eigenvalue weighted by atomic mass is 16.5. The van der Waals surface area contributed by atoms with Crippen molar-refractivity contribution in [3.63, 3.8) is 0 Å². The summed E-state index contributed by atoms with van der Waals surface area (Å²) in [4.78, 5) is 0. The summed E-state index contributed by atoms with van der Waals surface area (Å²) in [5.41, 5.74) is 2.05. The molecule has 96 valence electrons. The largest absolute Gasteiger partial charge is 0.493 e. The van der Waals surface area contributed by atoms with E-state index in [0.717, 1.165) is 11.1 Å². The van der Waals surface area contributed by atoms with E-state index < -0.39 is 6.10 Å². The monoisotopic (exact) mass is 253 g/mol. The minimum absolute atomic E-state index is 0.553. The van der Waals surface area contributed by atoms with Crippen LogP contribution >= 0.6 is 0 Å². The number of hydrogen-bond donors (Lipinski definition) is 1. The molecule has 0 saturated heterocycles. The summed E-state index contributed by atoms with van der Waals surface area (Å²) in [5.74, 6) is 0.682. The van der Waals surface area contributed by atoms with Crippen LogP contribution in [0.15, 0.2) is 48.5 Å². The SMILES string of the molecule is CCOc1ccccc1C(O)c1ccc(C#N)cc1. The Labute approximate surface area is 112 Å². The predicted molar refractivity (Wildman–Crippen MR) is 72.8 cm³/mol. The van der Waals surface area contributed by atoms with E-state index in [1.807, 2.05) is 31.2 Å². The summed E-state index contributed by atoms with van der Waals surface area (Å²) in [6.45, 7) is 2.46. The normalized spacial score (nSPS) is 11.6. The quantitative estimate of drug-likeness (QED) is 0.911. The lowest BCUT2D eigenvalue weighted by Crippen LogP contribution is -2.03. The van der Waals surface area contributed by atoms with Gasteiger partial charge >= 0.3 is 0 Å². The second-order valence-corrected chi connectivity index (χ2v) is 4.11. The van der Waals surface area contributed by atoms with Gasteiger partial charge in [-0.1, -0.05) is 30.3 Å². The molecular weight excluding hydrogens is 238 g/mol. The fourth-order valence-corrected chi connectivity index (χ4v) is 1.91. The first-order chi connectivity index (χ1) is 9.26. The second-order valence-electron chi connectivity index (χ2n) is 4.11. The van der Waals surface area contributed by atoms with Crippen LogP contribution in [0.25, 0.3) is 0 Å². The van der Waals surface area contributed by atoms with E-state index in [2.05, 4.69) is 6.07 Å². The average molecular weight is 253 g/mol. The van der Waals surface area contributed by atoms with Crippen LogP contribution < -0.4 is 4.74 Å². The lowest BCUT2D eigenvalue weighted by atomic mass is 10.00. The molecule has 0 aliphatic carbocycles. The summed E-state index contributed by atoms with van der Waals surface area (Å²) in [6, 6.07) is 16.4.